The highest BCUT2D eigenvalue weighted by Gasteiger charge is 2.25. The number of hydrogen-bond donors (Lipinski definition) is 1. The van der Waals surface area contributed by atoms with Crippen LogP contribution in [0.4, 0.5) is 0 Å². The molecule has 0 aliphatic heterocycles. The molecule has 1 saturated carbocycles. The third-order valence-electron chi connectivity index (χ3n) is 2.29. The molecular weight excluding hydrogens is 148 g/mol. The average Bonchev–Trinajstić information content (AvgIpc) is 1.88. The molecule has 10 heavy (non-hydrogen) atoms. The van der Waals surface area contributed by atoms with Gasteiger partial charge in [-0.1, -0.05) is 19.8 Å². The number of hydrogen-bond acceptors (Lipinski definition) is 1. The van der Waals surface area contributed by atoms with E-state index in [1.807, 2.05) is 0 Å². The molecule has 1 N–H and O–H groups in total. The van der Waals surface area contributed by atoms with Crippen LogP contribution < -0.4 is 0 Å². The molecule has 0 heterocycles. The van der Waals surface area contributed by atoms with Crippen LogP contribution in [0.5, 0.6) is 0 Å². The van der Waals surface area contributed by atoms with Gasteiger partial charge < -0.3 is 4.55 Å². The molecular formula is C7H14O2S. The van der Waals surface area contributed by atoms with E-state index in [-0.39, 0.29) is 5.25 Å². The summed E-state index contributed by atoms with van der Waals surface area (Å²) in [5.74, 6) is 0.444. The van der Waals surface area contributed by atoms with Crippen LogP contribution in [0, 0.1) is 5.92 Å². The second kappa shape index (κ2) is 3.49. The molecule has 0 amide bonds. The topological polar surface area (TPSA) is 37.3 Å². The van der Waals surface area contributed by atoms with Gasteiger partial charge in [0.2, 0.25) is 0 Å². The van der Waals surface area contributed by atoms with Crippen LogP contribution in [0.2, 0.25) is 0 Å². The van der Waals surface area contributed by atoms with Gasteiger partial charge in [-0.15, -0.1) is 0 Å². The Morgan fingerprint density at radius 2 is 2.00 bits per heavy atom. The van der Waals surface area contributed by atoms with E-state index in [1.165, 1.54) is 6.42 Å². The highest BCUT2D eigenvalue weighted by molar-refractivity contribution is 7.79. The summed E-state index contributed by atoms with van der Waals surface area (Å²) in [7, 11) is 0. The van der Waals surface area contributed by atoms with Gasteiger partial charge in [-0.3, -0.25) is 0 Å². The van der Waals surface area contributed by atoms with Gasteiger partial charge in [0.15, 0.2) is 11.1 Å². The summed E-state index contributed by atoms with van der Waals surface area (Å²) in [6.07, 6.45) is 4.41. The lowest BCUT2D eigenvalue weighted by Gasteiger charge is -2.25. The Kier molecular flexibility index (Phi) is 2.86. The summed E-state index contributed by atoms with van der Waals surface area (Å²) < 4.78 is 19.5. The van der Waals surface area contributed by atoms with Crippen LogP contribution in [0.25, 0.3) is 0 Å². The lowest BCUT2D eigenvalue weighted by Crippen LogP contribution is -2.26. The summed E-state index contributed by atoms with van der Waals surface area (Å²) in [6.45, 7) is 2.07. The first kappa shape index (κ1) is 8.21. The molecule has 3 heteroatoms. The third-order valence-corrected chi connectivity index (χ3v) is 3.51. The molecule has 1 aliphatic carbocycles. The molecule has 1 aliphatic rings. The molecule has 3 atom stereocenters. The van der Waals surface area contributed by atoms with Crippen molar-refractivity contribution in [1.29, 1.82) is 0 Å². The van der Waals surface area contributed by atoms with E-state index in [2.05, 4.69) is 6.92 Å². The molecule has 2 unspecified atom stereocenters. The highest BCUT2D eigenvalue weighted by atomic mass is 32.2. The predicted octanol–water partition coefficient (Wildman–Crippen LogP) is 1.79. The van der Waals surface area contributed by atoms with E-state index >= 15 is 0 Å². The zero-order chi connectivity index (χ0) is 7.56. The van der Waals surface area contributed by atoms with Gasteiger partial charge in [0.25, 0.3) is 0 Å². The second-order valence-electron chi connectivity index (χ2n) is 3.08. The van der Waals surface area contributed by atoms with Crippen molar-refractivity contribution in [2.45, 2.75) is 37.9 Å². The van der Waals surface area contributed by atoms with E-state index in [1.54, 1.807) is 0 Å². The van der Waals surface area contributed by atoms with Crippen LogP contribution in [-0.2, 0) is 11.1 Å². The molecule has 0 spiro atoms. The van der Waals surface area contributed by atoms with E-state index in [9.17, 15) is 4.21 Å². The maximum atomic E-state index is 10.7. The predicted molar refractivity (Wildman–Crippen MR) is 42.2 cm³/mol. The average molecular weight is 162 g/mol. The lowest BCUT2D eigenvalue weighted by molar-refractivity contribution is 0.376. The van der Waals surface area contributed by atoms with Crippen LogP contribution >= 0.6 is 0 Å². The summed E-state index contributed by atoms with van der Waals surface area (Å²) in [6, 6.07) is 0. The van der Waals surface area contributed by atoms with Gasteiger partial charge in [0, 0.05) is 0 Å². The summed E-state index contributed by atoms with van der Waals surface area (Å²) >= 11 is -1.58. The number of rotatable bonds is 1. The van der Waals surface area contributed by atoms with Gasteiger partial charge in [0.1, 0.15) is 0 Å². The first-order valence-corrected chi connectivity index (χ1v) is 4.98. The molecule has 60 valence electrons. The maximum Gasteiger partial charge on any atom is 0.156 e. The first-order chi connectivity index (χ1) is 4.72. The smallest absolute Gasteiger partial charge is 0.156 e. The standard InChI is InChI=1S/C7H14O2S/c1-6-4-2-3-5-7(6)10(8)9/h6-7H,2-5H2,1H3,(H,8,9)/t6?,7-/m1/s1. The molecule has 2 nitrogen and oxygen atoms in total. The van der Waals surface area contributed by atoms with Gasteiger partial charge >= 0.3 is 0 Å². The minimum absolute atomic E-state index is 0.0498. The Bertz CT molecular complexity index is 136. The molecule has 0 radical (unpaired) electrons. The van der Waals surface area contributed by atoms with E-state index in [4.69, 9.17) is 4.55 Å². The van der Waals surface area contributed by atoms with Crippen molar-refractivity contribution in [3.63, 3.8) is 0 Å². The van der Waals surface area contributed by atoms with Crippen LogP contribution in [0.3, 0.4) is 0 Å². The SMILES string of the molecule is CC1CCCC[C@H]1S(=O)O. The normalized spacial score (nSPS) is 37.4. The Morgan fingerprint density at radius 3 is 2.40 bits per heavy atom. The summed E-state index contributed by atoms with van der Waals surface area (Å²) in [4.78, 5) is 0. The molecule has 0 bridgehead atoms. The summed E-state index contributed by atoms with van der Waals surface area (Å²) in [5, 5.41) is 0.0498. The van der Waals surface area contributed by atoms with Gasteiger partial charge in [-0.05, 0) is 18.8 Å². The molecule has 0 aromatic carbocycles. The largest absolute Gasteiger partial charge is 0.306 e. The fourth-order valence-electron chi connectivity index (χ4n) is 1.58. The van der Waals surface area contributed by atoms with E-state index in [0.717, 1.165) is 19.3 Å². The Balaban J connectivity index is 2.47. The van der Waals surface area contributed by atoms with Gasteiger partial charge in [-0.2, -0.15) is 0 Å². The highest BCUT2D eigenvalue weighted by Crippen LogP contribution is 2.26. The van der Waals surface area contributed by atoms with Crippen molar-refractivity contribution in [3.05, 3.63) is 0 Å². The monoisotopic (exact) mass is 162 g/mol. The second-order valence-corrected chi connectivity index (χ2v) is 4.23. The Labute approximate surface area is 64.3 Å². The first-order valence-electron chi connectivity index (χ1n) is 3.81. The quantitative estimate of drug-likeness (QED) is 0.597. The van der Waals surface area contributed by atoms with Gasteiger partial charge in [-0.25, -0.2) is 4.21 Å². The molecule has 1 rings (SSSR count). The van der Waals surface area contributed by atoms with Crippen LogP contribution in [0.15, 0.2) is 0 Å². The van der Waals surface area contributed by atoms with Crippen molar-refractivity contribution < 1.29 is 8.76 Å². The Hall–Kier alpha value is 0.110. The van der Waals surface area contributed by atoms with Crippen molar-refractivity contribution in [2.75, 3.05) is 0 Å². The minimum Gasteiger partial charge on any atom is -0.306 e. The van der Waals surface area contributed by atoms with E-state index in [0.29, 0.717) is 5.92 Å². The van der Waals surface area contributed by atoms with Gasteiger partial charge in [0.05, 0.1) is 5.25 Å². The van der Waals surface area contributed by atoms with Crippen LogP contribution in [0.1, 0.15) is 32.6 Å². The fourth-order valence-corrected chi connectivity index (χ4v) is 2.48. The van der Waals surface area contributed by atoms with Crippen molar-refractivity contribution in [1.82, 2.24) is 0 Å². The molecule has 1 fully saturated rings. The minimum atomic E-state index is -1.58. The maximum absolute atomic E-state index is 10.7. The molecule has 0 aromatic rings. The van der Waals surface area contributed by atoms with Crippen molar-refractivity contribution >= 4 is 11.1 Å². The molecule has 0 saturated heterocycles. The fraction of sp³-hybridized carbons (Fsp3) is 1.00. The lowest BCUT2D eigenvalue weighted by atomic mass is 9.90. The molecule has 0 aromatic heterocycles. The summed E-state index contributed by atoms with van der Waals surface area (Å²) in [5.41, 5.74) is 0. The zero-order valence-electron chi connectivity index (χ0n) is 6.25. The van der Waals surface area contributed by atoms with Crippen molar-refractivity contribution in [3.8, 4) is 0 Å². The third kappa shape index (κ3) is 1.80. The van der Waals surface area contributed by atoms with Crippen LogP contribution in [-0.4, -0.2) is 14.0 Å². The van der Waals surface area contributed by atoms with Crippen molar-refractivity contribution in [2.24, 2.45) is 5.92 Å². The van der Waals surface area contributed by atoms with E-state index < -0.39 is 11.1 Å². The Morgan fingerprint density at radius 1 is 1.40 bits per heavy atom. The zero-order valence-corrected chi connectivity index (χ0v) is 7.06.